The van der Waals surface area contributed by atoms with E-state index in [1.807, 2.05) is 54.4 Å². The summed E-state index contributed by atoms with van der Waals surface area (Å²) in [5.41, 5.74) is -2.31. The number of nitrogens with one attached hydrogen (secondary N) is 3. The van der Waals surface area contributed by atoms with Crippen LogP contribution in [0.1, 0.15) is 59.3 Å². The van der Waals surface area contributed by atoms with Crippen molar-refractivity contribution >= 4 is 44.6 Å². The molecule has 50 heavy (non-hydrogen) atoms. The minimum Gasteiger partial charge on any atom is -0.472 e. The smallest absolute Gasteiger partial charge is 0.408 e. The van der Waals surface area contributed by atoms with Gasteiger partial charge in [-0.15, -0.1) is 0 Å². The number of alkyl carbamates (subject to hydrolysis) is 1. The van der Waals surface area contributed by atoms with E-state index in [0.29, 0.717) is 31.7 Å². The van der Waals surface area contributed by atoms with Crippen molar-refractivity contribution in [3.8, 4) is 5.88 Å². The number of amides is 4. The molecular weight excluding hydrogens is 664 g/mol. The third-order valence-electron chi connectivity index (χ3n) is 9.49. The van der Waals surface area contributed by atoms with E-state index in [0.717, 1.165) is 17.2 Å². The summed E-state index contributed by atoms with van der Waals surface area (Å²) in [6.45, 7) is 5.91. The number of carbonyl (C=O) groups is 4. The monoisotopic (exact) mass is 710 g/mol. The lowest BCUT2D eigenvalue weighted by atomic mass is 10.1. The molecule has 1 aromatic heterocycles. The first-order valence-corrected chi connectivity index (χ1v) is 18.7. The summed E-state index contributed by atoms with van der Waals surface area (Å²) in [6.07, 6.45) is 6.57. The molecule has 6 rings (SSSR count). The number of hydrogen-bond donors (Lipinski definition) is 3. The second-order valence-corrected chi connectivity index (χ2v) is 16.8. The number of allylic oxidation sites excluding steroid dienone is 1. The highest BCUT2D eigenvalue weighted by atomic mass is 32.2. The lowest BCUT2D eigenvalue weighted by Gasteiger charge is -2.32. The maximum Gasteiger partial charge on any atom is 0.408 e. The second kappa shape index (κ2) is 13.8. The van der Waals surface area contributed by atoms with Gasteiger partial charge in [-0.05, 0) is 84.0 Å². The lowest BCUT2D eigenvalue weighted by Crippen LogP contribution is -2.59. The molecule has 0 spiro atoms. The van der Waals surface area contributed by atoms with Gasteiger partial charge < -0.3 is 29.9 Å². The molecule has 14 nitrogen and oxygen atoms in total. The number of carbonyl (C=O) groups excluding carboxylic acids is 4. The van der Waals surface area contributed by atoms with E-state index >= 15 is 0 Å². The van der Waals surface area contributed by atoms with Crippen LogP contribution in [0.2, 0.25) is 0 Å². The third kappa shape index (κ3) is 8.04. The predicted octanol–water partition coefficient (Wildman–Crippen LogP) is 2.24. The Kier molecular flexibility index (Phi) is 9.83. The largest absolute Gasteiger partial charge is 0.472 e. The van der Waals surface area contributed by atoms with Crippen LogP contribution in [0.15, 0.2) is 48.7 Å². The van der Waals surface area contributed by atoms with E-state index in [9.17, 15) is 27.6 Å². The molecule has 2 aliphatic heterocycles. The van der Waals surface area contributed by atoms with Crippen molar-refractivity contribution in [3.05, 3.63) is 48.7 Å². The van der Waals surface area contributed by atoms with E-state index in [2.05, 4.69) is 20.3 Å². The van der Waals surface area contributed by atoms with E-state index < -0.39 is 74.3 Å². The number of ether oxygens (including phenoxy) is 2. The van der Waals surface area contributed by atoms with Crippen molar-refractivity contribution in [1.82, 2.24) is 30.1 Å². The minimum atomic E-state index is -3.88. The molecule has 3 N–H and O–H groups in total. The summed E-state index contributed by atoms with van der Waals surface area (Å²) in [5, 5.41) is 6.64. The van der Waals surface area contributed by atoms with Crippen LogP contribution >= 0.6 is 0 Å². The number of pyridine rings is 1. The topological polar surface area (TPSA) is 176 Å². The van der Waals surface area contributed by atoms with Crippen LogP contribution in [0.25, 0.3) is 10.8 Å². The highest BCUT2D eigenvalue weighted by Gasteiger charge is 2.62. The van der Waals surface area contributed by atoms with Gasteiger partial charge in [-0.2, -0.15) is 0 Å². The predicted molar refractivity (Wildman–Crippen MR) is 184 cm³/mol. The number of rotatable bonds is 6. The molecule has 1 saturated heterocycles. The fourth-order valence-corrected chi connectivity index (χ4v) is 8.03. The highest BCUT2D eigenvalue weighted by Crippen LogP contribution is 2.46. The van der Waals surface area contributed by atoms with Crippen LogP contribution in [-0.4, -0.2) is 108 Å². The summed E-state index contributed by atoms with van der Waals surface area (Å²) in [4.78, 5) is 63.1. The Bertz CT molecular complexity index is 1790. The molecule has 1 unspecified atom stereocenters. The fourth-order valence-electron chi connectivity index (χ4n) is 6.66. The SMILES string of the molecule is CN1CCCC=C[C@@H]2C[C@@]2(C(=O)NS(=O)(=O)C2CC2)NC(=O)[C@@H]2CC(Oc3nccc4ccccc34)CN2C(=O)[C@@H](NC(=O)OC(C)(C)C)C1. The summed E-state index contributed by atoms with van der Waals surface area (Å²) >= 11 is 0. The number of nitrogens with zero attached hydrogens (tertiary/aromatic N) is 3. The van der Waals surface area contributed by atoms with Crippen molar-refractivity contribution in [2.45, 2.75) is 93.9 Å². The van der Waals surface area contributed by atoms with E-state index in [1.54, 1.807) is 27.0 Å². The summed E-state index contributed by atoms with van der Waals surface area (Å²) in [5.74, 6) is -2.01. The van der Waals surface area contributed by atoms with Gasteiger partial charge in [-0.25, -0.2) is 18.2 Å². The van der Waals surface area contributed by atoms with Gasteiger partial charge in [0.25, 0.3) is 5.91 Å². The van der Waals surface area contributed by atoms with Gasteiger partial charge in [0.1, 0.15) is 29.3 Å². The fraction of sp³-hybridized carbons (Fsp3) is 0.571. The average molecular weight is 711 g/mol. The molecule has 5 atom stereocenters. The molecule has 1 aromatic carbocycles. The zero-order valence-electron chi connectivity index (χ0n) is 28.9. The van der Waals surface area contributed by atoms with Crippen molar-refractivity contribution in [2.75, 3.05) is 26.7 Å². The lowest BCUT2D eigenvalue weighted by molar-refractivity contribution is -0.141. The zero-order chi connectivity index (χ0) is 35.8. The van der Waals surface area contributed by atoms with Gasteiger partial charge in [0.15, 0.2) is 0 Å². The molecule has 2 saturated carbocycles. The van der Waals surface area contributed by atoms with E-state index in [4.69, 9.17) is 9.47 Å². The van der Waals surface area contributed by atoms with Gasteiger partial charge in [0, 0.05) is 30.5 Å². The van der Waals surface area contributed by atoms with Crippen molar-refractivity contribution in [1.29, 1.82) is 0 Å². The first kappa shape index (κ1) is 35.6. The normalized spacial score (nSPS) is 28.0. The Hall–Kier alpha value is -4.24. The van der Waals surface area contributed by atoms with Gasteiger partial charge in [-0.1, -0.05) is 30.4 Å². The Morgan fingerprint density at radius 3 is 2.60 bits per heavy atom. The average Bonchev–Trinajstić information content (AvgIpc) is 3.96. The first-order chi connectivity index (χ1) is 23.6. The van der Waals surface area contributed by atoms with Crippen LogP contribution in [0.4, 0.5) is 4.79 Å². The van der Waals surface area contributed by atoms with Gasteiger partial charge in [-0.3, -0.25) is 19.1 Å². The molecule has 2 aliphatic carbocycles. The third-order valence-corrected chi connectivity index (χ3v) is 11.3. The van der Waals surface area contributed by atoms with Crippen LogP contribution < -0.4 is 20.1 Å². The highest BCUT2D eigenvalue weighted by molar-refractivity contribution is 7.91. The standard InChI is InChI=1S/C35H46N6O8S/c1-34(2,3)49-33(45)37-27-21-40(4)17-9-5-6-11-23-19-35(23,32(44)39-50(46,47)25-13-14-25)38-29(42)28-18-24(20-41(28)31(27)43)48-30-26-12-8-7-10-22(26)15-16-36-30/h6-8,10-12,15-16,23-25,27-28H,5,9,13-14,17-21H2,1-4H3,(H,37,45)(H,38,42)(H,39,44)/t23-,24?,27+,28+,35-/m1/s1. The second-order valence-electron chi connectivity index (χ2n) is 14.8. The molecule has 4 amide bonds. The van der Waals surface area contributed by atoms with E-state index in [-0.39, 0.29) is 25.9 Å². The van der Waals surface area contributed by atoms with Crippen molar-refractivity contribution < 1.29 is 37.1 Å². The molecule has 0 radical (unpaired) electrons. The molecule has 270 valence electrons. The number of aromatic nitrogens is 1. The molecule has 15 heteroatoms. The Morgan fingerprint density at radius 1 is 1.10 bits per heavy atom. The number of hydrogen-bond acceptors (Lipinski definition) is 10. The first-order valence-electron chi connectivity index (χ1n) is 17.2. The zero-order valence-corrected chi connectivity index (χ0v) is 29.7. The minimum absolute atomic E-state index is 0.00335. The van der Waals surface area contributed by atoms with Crippen LogP contribution in [-0.2, 0) is 29.1 Å². The van der Waals surface area contributed by atoms with Gasteiger partial charge >= 0.3 is 6.09 Å². The van der Waals surface area contributed by atoms with Crippen molar-refractivity contribution in [2.24, 2.45) is 5.92 Å². The summed E-state index contributed by atoms with van der Waals surface area (Å²) in [7, 11) is -2.03. The number of benzene rings is 1. The summed E-state index contributed by atoms with van der Waals surface area (Å²) in [6, 6.07) is 7.25. The number of fused-ring (bicyclic) bond motifs is 3. The van der Waals surface area contributed by atoms with Crippen molar-refractivity contribution in [3.63, 3.8) is 0 Å². The molecule has 3 fully saturated rings. The maximum atomic E-state index is 14.4. The van der Waals surface area contributed by atoms with Crippen LogP contribution in [0, 0.1) is 5.92 Å². The Balaban J connectivity index is 1.32. The van der Waals surface area contributed by atoms with Gasteiger partial charge in [0.2, 0.25) is 27.7 Å². The maximum absolute atomic E-state index is 14.4. The van der Waals surface area contributed by atoms with Crippen LogP contribution in [0.5, 0.6) is 5.88 Å². The Morgan fingerprint density at radius 2 is 1.86 bits per heavy atom. The quantitative estimate of drug-likeness (QED) is 0.377. The molecular formula is C35H46N6O8S. The summed E-state index contributed by atoms with van der Waals surface area (Å²) < 4.78 is 39.6. The van der Waals surface area contributed by atoms with Crippen LogP contribution in [0.3, 0.4) is 0 Å². The molecule has 3 heterocycles. The molecule has 0 bridgehead atoms. The molecule has 2 aromatic rings. The Labute approximate surface area is 292 Å². The molecule has 4 aliphatic rings. The number of likely N-dealkylation sites (N-methyl/N-ethyl adjacent to an activating group) is 1. The van der Waals surface area contributed by atoms with Gasteiger partial charge in [0.05, 0.1) is 11.8 Å². The van der Waals surface area contributed by atoms with E-state index in [1.165, 1.54) is 4.90 Å². The number of sulfonamides is 1.